The monoisotopic (exact) mass is 679 g/mol. The molecule has 0 radical (unpaired) electrons. The van der Waals surface area contributed by atoms with Crippen LogP contribution in [0.15, 0.2) is 77.3 Å². The van der Waals surface area contributed by atoms with Gasteiger partial charge in [0.15, 0.2) is 0 Å². The lowest BCUT2D eigenvalue weighted by Crippen LogP contribution is -2.54. The molecule has 0 heterocycles. The fourth-order valence-electron chi connectivity index (χ4n) is 5.01. The van der Waals surface area contributed by atoms with Crippen molar-refractivity contribution < 1.29 is 18.0 Å². The fourth-order valence-corrected chi connectivity index (χ4v) is 6.59. The van der Waals surface area contributed by atoms with Gasteiger partial charge < -0.3 is 10.2 Å². The van der Waals surface area contributed by atoms with Gasteiger partial charge >= 0.3 is 0 Å². The van der Waals surface area contributed by atoms with E-state index in [4.69, 9.17) is 23.2 Å². The van der Waals surface area contributed by atoms with Gasteiger partial charge in [-0.25, -0.2) is 8.42 Å². The zero-order valence-electron chi connectivity index (χ0n) is 22.6. The van der Waals surface area contributed by atoms with Crippen LogP contribution in [0.4, 0.5) is 5.69 Å². The second kappa shape index (κ2) is 14.1. The van der Waals surface area contributed by atoms with Crippen LogP contribution >= 0.6 is 39.1 Å². The van der Waals surface area contributed by atoms with Gasteiger partial charge in [0.05, 0.1) is 22.0 Å². The molecule has 1 saturated carbocycles. The van der Waals surface area contributed by atoms with E-state index in [0.29, 0.717) is 0 Å². The van der Waals surface area contributed by atoms with Gasteiger partial charge in [-0.3, -0.25) is 13.9 Å². The Morgan fingerprint density at radius 1 is 0.951 bits per heavy atom. The van der Waals surface area contributed by atoms with Crippen LogP contribution in [0.2, 0.25) is 10.0 Å². The number of hydrogen-bond acceptors (Lipinski definition) is 4. The first-order valence-electron chi connectivity index (χ1n) is 13.3. The molecule has 3 aromatic carbocycles. The standard InChI is InChI=1S/C30H32BrCl2N3O4S/c1-41(39,40)36(25-14-15-26(32)27(33)18-25)20-29(37)35(19-22-10-7-11-23(31)16-22)28(17-21-8-3-2-4-9-21)30(38)34-24-12-5-6-13-24/h2-4,7-11,14-16,18,24,28H,5-6,12-13,17,19-20H2,1H3,(H,34,38). The fraction of sp³-hybridized carbons (Fsp3) is 0.333. The molecule has 1 aliphatic rings. The third-order valence-electron chi connectivity index (χ3n) is 7.08. The van der Waals surface area contributed by atoms with Gasteiger partial charge in [0.25, 0.3) is 0 Å². The lowest BCUT2D eigenvalue weighted by Gasteiger charge is -2.34. The first kappa shape index (κ1) is 31.3. The third kappa shape index (κ3) is 8.70. The molecule has 1 unspecified atom stereocenters. The number of nitrogens with one attached hydrogen (secondary N) is 1. The van der Waals surface area contributed by atoms with Crippen LogP contribution in [0, 0.1) is 0 Å². The number of nitrogens with zero attached hydrogens (tertiary/aromatic N) is 2. The highest BCUT2D eigenvalue weighted by Gasteiger charge is 2.34. The highest BCUT2D eigenvalue weighted by atomic mass is 79.9. The number of sulfonamides is 1. The molecule has 218 valence electrons. The van der Waals surface area contributed by atoms with E-state index in [0.717, 1.165) is 51.8 Å². The smallest absolute Gasteiger partial charge is 0.244 e. The minimum absolute atomic E-state index is 0.0484. The molecule has 0 spiro atoms. The lowest BCUT2D eigenvalue weighted by atomic mass is 10.0. The highest BCUT2D eigenvalue weighted by Crippen LogP contribution is 2.29. The van der Waals surface area contributed by atoms with E-state index in [1.807, 2.05) is 54.6 Å². The van der Waals surface area contributed by atoms with Crippen LogP contribution in [0.3, 0.4) is 0 Å². The molecule has 11 heteroatoms. The van der Waals surface area contributed by atoms with E-state index >= 15 is 0 Å². The molecular weight excluding hydrogens is 649 g/mol. The summed E-state index contributed by atoms with van der Waals surface area (Å²) in [7, 11) is -3.90. The molecule has 3 aromatic rings. The van der Waals surface area contributed by atoms with E-state index in [1.165, 1.54) is 23.1 Å². The molecule has 1 fully saturated rings. The number of anilines is 1. The Morgan fingerprint density at radius 2 is 1.63 bits per heavy atom. The van der Waals surface area contributed by atoms with Gasteiger partial charge in [0.2, 0.25) is 21.8 Å². The molecule has 0 saturated heterocycles. The van der Waals surface area contributed by atoms with E-state index < -0.39 is 28.5 Å². The average Bonchev–Trinajstić information content (AvgIpc) is 3.44. The molecule has 1 aliphatic carbocycles. The van der Waals surface area contributed by atoms with Crippen molar-refractivity contribution in [2.24, 2.45) is 0 Å². The van der Waals surface area contributed by atoms with Crippen molar-refractivity contribution in [3.8, 4) is 0 Å². The summed E-state index contributed by atoms with van der Waals surface area (Å²) >= 11 is 15.7. The Kier molecular flexibility index (Phi) is 10.7. The summed E-state index contributed by atoms with van der Waals surface area (Å²) in [6.45, 7) is -0.417. The summed E-state index contributed by atoms with van der Waals surface area (Å²) in [5, 5.41) is 3.58. The Balaban J connectivity index is 1.73. The van der Waals surface area contributed by atoms with E-state index in [1.54, 1.807) is 0 Å². The van der Waals surface area contributed by atoms with E-state index in [9.17, 15) is 18.0 Å². The lowest BCUT2D eigenvalue weighted by molar-refractivity contribution is -0.140. The number of hydrogen-bond donors (Lipinski definition) is 1. The van der Waals surface area contributed by atoms with Crippen molar-refractivity contribution in [2.75, 3.05) is 17.1 Å². The highest BCUT2D eigenvalue weighted by molar-refractivity contribution is 9.10. The maximum absolute atomic E-state index is 14.2. The predicted octanol–water partition coefficient (Wildman–Crippen LogP) is 6.22. The van der Waals surface area contributed by atoms with Crippen LogP contribution in [-0.4, -0.2) is 50.0 Å². The number of rotatable bonds is 11. The molecular formula is C30H32BrCl2N3O4S. The summed E-state index contributed by atoms with van der Waals surface area (Å²) < 4.78 is 27.6. The number of halogens is 3. The zero-order chi connectivity index (χ0) is 29.6. The summed E-state index contributed by atoms with van der Waals surface area (Å²) in [5.41, 5.74) is 1.88. The van der Waals surface area contributed by atoms with Crippen molar-refractivity contribution in [3.05, 3.63) is 98.4 Å². The molecule has 0 aliphatic heterocycles. The van der Waals surface area contributed by atoms with Gasteiger partial charge in [-0.1, -0.05) is 94.4 Å². The zero-order valence-corrected chi connectivity index (χ0v) is 26.5. The number of carbonyl (C=O) groups is 2. The molecule has 41 heavy (non-hydrogen) atoms. The van der Waals surface area contributed by atoms with Crippen LogP contribution in [0.25, 0.3) is 0 Å². The molecule has 0 bridgehead atoms. The van der Waals surface area contributed by atoms with Gasteiger partial charge in [0, 0.05) is 23.5 Å². The SMILES string of the molecule is CS(=O)(=O)N(CC(=O)N(Cc1cccc(Br)c1)C(Cc1ccccc1)C(=O)NC1CCCC1)c1ccc(Cl)c(Cl)c1. The molecule has 4 rings (SSSR count). The molecule has 2 amide bonds. The van der Waals surface area contributed by atoms with E-state index in [-0.39, 0.29) is 40.6 Å². The number of amides is 2. The van der Waals surface area contributed by atoms with Gasteiger partial charge in [0.1, 0.15) is 12.6 Å². The Labute approximate surface area is 260 Å². The van der Waals surface area contributed by atoms with Crippen molar-refractivity contribution >= 4 is 66.7 Å². The Morgan fingerprint density at radius 3 is 2.27 bits per heavy atom. The molecule has 7 nitrogen and oxygen atoms in total. The van der Waals surface area contributed by atoms with Crippen molar-refractivity contribution in [1.82, 2.24) is 10.2 Å². The number of benzene rings is 3. The predicted molar refractivity (Wildman–Crippen MR) is 168 cm³/mol. The maximum atomic E-state index is 14.2. The second-order valence-electron chi connectivity index (χ2n) is 10.2. The van der Waals surface area contributed by atoms with Gasteiger partial charge in [-0.15, -0.1) is 0 Å². The molecule has 1 N–H and O–H groups in total. The van der Waals surface area contributed by atoms with Crippen LogP contribution < -0.4 is 9.62 Å². The quantitative estimate of drug-likeness (QED) is 0.261. The minimum Gasteiger partial charge on any atom is -0.352 e. The average molecular weight is 681 g/mol. The maximum Gasteiger partial charge on any atom is 0.244 e. The Bertz CT molecular complexity index is 1480. The summed E-state index contributed by atoms with van der Waals surface area (Å²) in [5.74, 6) is -0.784. The third-order valence-corrected chi connectivity index (χ3v) is 9.46. The topological polar surface area (TPSA) is 86.8 Å². The number of carbonyl (C=O) groups excluding carboxylic acids is 2. The van der Waals surface area contributed by atoms with Crippen molar-refractivity contribution in [1.29, 1.82) is 0 Å². The van der Waals surface area contributed by atoms with Crippen LogP contribution in [0.5, 0.6) is 0 Å². The Hall–Kier alpha value is -2.59. The summed E-state index contributed by atoms with van der Waals surface area (Å²) in [4.78, 5) is 29.5. The summed E-state index contributed by atoms with van der Waals surface area (Å²) in [6, 6.07) is 20.5. The first-order valence-corrected chi connectivity index (χ1v) is 16.7. The van der Waals surface area contributed by atoms with Crippen molar-refractivity contribution in [2.45, 2.75) is 50.7 Å². The van der Waals surface area contributed by atoms with Crippen molar-refractivity contribution in [3.63, 3.8) is 0 Å². The first-order chi connectivity index (χ1) is 19.5. The molecule has 1 atom stereocenters. The normalized spacial score (nSPS) is 14.4. The van der Waals surface area contributed by atoms with Crippen LogP contribution in [-0.2, 0) is 32.6 Å². The second-order valence-corrected chi connectivity index (χ2v) is 13.9. The minimum atomic E-state index is -3.90. The van der Waals surface area contributed by atoms with E-state index in [2.05, 4.69) is 21.2 Å². The summed E-state index contributed by atoms with van der Waals surface area (Å²) in [6.07, 6.45) is 5.16. The molecule has 0 aromatic heterocycles. The largest absolute Gasteiger partial charge is 0.352 e. The van der Waals surface area contributed by atoms with Gasteiger partial charge in [-0.2, -0.15) is 0 Å². The van der Waals surface area contributed by atoms with Crippen LogP contribution in [0.1, 0.15) is 36.8 Å². The van der Waals surface area contributed by atoms with Gasteiger partial charge in [-0.05, 0) is 54.3 Å².